The number of halogens is 8. The molecule has 2 aromatic carbocycles. The number of pyridine rings is 1. The molecule has 7 rings (SSSR count). The number of hydrogen-bond acceptors (Lipinski definition) is 8. The molecule has 5 N–H and O–H groups in total. The topological polar surface area (TPSA) is 170 Å². The van der Waals surface area contributed by atoms with Crippen molar-refractivity contribution in [2.75, 3.05) is 16.7 Å². The van der Waals surface area contributed by atoms with Crippen molar-refractivity contribution in [1.82, 2.24) is 29.9 Å². The van der Waals surface area contributed by atoms with Crippen LogP contribution in [0.25, 0.3) is 22.0 Å². The summed E-state index contributed by atoms with van der Waals surface area (Å²) in [5.41, 5.74) is 1.89. The number of sulfonamides is 1. The van der Waals surface area contributed by atoms with Crippen LogP contribution in [0.2, 0.25) is 5.02 Å². The van der Waals surface area contributed by atoms with E-state index < -0.39 is 93.1 Å². The second-order valence-corrected chi connectivity index (χ2v) is 16.9. The van der Waals surface area contributed by atoms with Gasteiger partial charge in [-0.2, -0.15) is 32.1 Å². The van der Waals surface area contributed by atoms with Crippen LogP contribution in [0, 0.1) is 29.4 Å². The molecular formula is C37H32ClF7N8O4S. The highest BCUT2D eigenvalue weighted by atomic mass is 35.5. The van der Waals surface area contributed by atoms with Crippen molar-refractivity contribution in [3.8, 4) is 23.0 Å². The molecule has 12 nitrogen and oxygen atoms in total. The Morgan fingerprint density at radius 2 is 1.79 bits per heavy atom. The predicted molar refractivity (Wildman–Crippen MR) is 198 cm³/mol. The van der Waals surface area contributed by atoms with Crippen molar-refractivity contribution in [1.29, 1.82) is 0 Å². The summed E-state index contributed by atoms with van der Waals surface area (Å²) in [4.78, 5) is 18.6. The SMILES string of the molecule is Cn1nc(NS(C)(=O)=O)c2c(Cl)ccc(-c3cc(N)c(C#CC(C)(C)O)nc3C(Cc3cc(F)cc(F)c3)NC(=O)Cn3nc(C(F)(F)F)c4c3C(F)(F)[C@@H]3C[C@H]43)c21. The van der Waals surface area contributed by atoms with Gasteiger partial charge in [-0.3, -0.25) is 18.9 Å². The number of fused-ring (bicyclic) bond motifs is 4. The smallest absolute Gasteiger partial charge is 0.396 e. The minimum Gasteiger partial charge on any atom is -0.396 e. The number of nitrogens with one attached hydrogen (secondary N) is 2. The number of alkyl halides is 5. The quantitative estimate of drug-likeness (QED) is 0.101. The van der Waals surface area contributed by atoms with Crippen molar-refractivity contribution >= 4 is 49.9 Å². The number of carbonyl (C=O) groups excluding carboxylic acids is 1. The number of aryl methyl sites for hydroxylation is 1. The molecule has 0 aliphatic heterocycles. The average Bonchev–Trinajstić information content (AvgIpc) is 3.61. The first-order chi connectivity index (χ1) is 26.8. The number of nitrogen functional groups attached to an aromatic ring is 1. The van der Waals surface area contributed by atoms with Gasteiger partial charge in [-0.15, -0.1) is 0 Å². The van der Waals surface area contributed by atoms with E-state index >= 15 is 8.78 Å². The number of benzene rings is 2. The highest BCUT2D eigenvalue weighted by molar-refractivity contribution is 7.92. The third-order valence-corrected chi connectivity index (χ3v) is 10.5. The van der Waals surface area contributed by atoms with Gasteiger partial charge in [0.1, 0.15) is 35.2 Å². The molecule has 2 aliphatic carbocycles. The van der Waals surface area contributed by atoms with Gasteiger partial charge in [0, 0.05) is 35.7 Å². The Labute approximate surface area is 330 Å². The number of rotatable bonds is 9. The molecule has 3 aromatic heterocycles. The number of nitrogens with two attached hydrogens (primary N) is 1. The third-order valence-electron chi connectivity index (χ3n) is 9.60. The summed E-state index contributed by atoms with van der Waals surface area (Å²) in [6, 6.07) is 5.35. The lowest BCUT2D eigenvalue weighted by atomic mass is 9.93. The maximum Gasteiger partial charge on any atom is 0.435 e. The standard InChI is InChI=1S/C37H32ClF7N8O4S/c1-35(2,55)8-7-25-24(46)14-20(19-5-6-23(38)29-31(19)52(3)50-34(29)51-58(4,56)57)30(48-25)26(11-16-9-17(39)12-18(40)10-16)47-27(54)15-53-33-28(32(49-53)37(43,44)45)21-13-22(21)36(33,41)42/h5-6,9-10,12,14,21-22,26,55H,11,13,15,46H2,1-4H3,(H,47,54)(H,50,51)/t21-,22+,26?/m0/s1. The molecule has 1 amide bonds. The van der Waals surface area contributed by atoms with Crippen molar-refractivity contribution in [3.63, 3.8) is 0 Å². The van der Waals surface area contributed by atoms with Gasteiger partial charge in [0.15, 0.2) is 11.5 Å². The minimum atomic E-state index is -5.10. The van der Waals surface area contributed by atoms with Gasteiger partial charge in [-0.25, -0.2) is 22.2 Å². The van der Waals surface area contributed by atoms with E-state index in [-0.39, 0.29) is 61.9 Å². The van der Waals surface area contributed by atoms with Gasteiger partial charge in [-0.05, 0) is 68.4 Å². The fourth-order valence-corrected chi connectivity index (χ4v) is 8.06. The molecule has 0 bridgehead atoms. The van der Waals surface area contributed by atoms with Gasteiger partial charge < -0.3 is 16.2 Å². The zero-order valence-corrected chi connectivity index (χ0v) is 32.3. The second-order valence-electron chi connectivity index (χ2n) is 14.8. The summed E-state index contributed by atoms with van der Waals surface area (Å²) >= 11 is 6.56. The predicted octanol–water partition coefficient (Wildman–Crippen LogP) is 6.17. The Hall–Kier alpha value is -5.39. The number of anilines is 2. The van der Waals surface area contributed by atoms with Gasteiger partial charge in [0.2, 0.25) is 15.9 Å². The third kappa shape index (κ3) is 7.77. The fraction of sp³-hybridized carbons (Fsp3) is 0.351. The number of amides is 1. The Kier molecular flexibility index (Phi) is 9.76. The lowest BCUT2D eigenvalue weighted by Crippen LogP contribution is -2.35. The Bertz CT molecular complexity index is 2700. The summed E-state index contributed by atoms with van der Waals surface area (Å²) in [7, 11) is -2.41. The normalized spacial score (nSPS) is 17.7. The molecule has 0 radical (unpaired) electrons. The molecule has 58 heavy (non-hydrogen) atoms. The lowest BCUT2D eigenvalue weighted by Gasteiger charge is -2.24. The minimum absolute atomic E-state index is 0.0381. The molecule has 0 spiro atoms. The highest BCUT2D eigenvalue weighted by Gasteiger charge is 2.68. The van der Waals surface area contributed by atoms with Crippen molar-refractivity contribution < 1.29 is 49.1 Å². The molecule has 2 aliphatic rings. The van der Waals surface area contributed by atoms with Gasteiger partial charge >= 0.3 is 6.18 Å². The first kappa shape index (κ1) is 40.8. The van der Waals surface area contributed by atoms with Gasteiger partial charge in [0.25, 0.3) is 5.92 Å². The fourth-order valence-electron chi connectivity index (χ4n) is 7.33. The van der Waals surface area contributed by atoms with Crippen LogP contribution in [0.15, 0.2) is 36.4 Å². The van der Waals surface area contributed by atoms with Crippen molar-refractivity contribution in [3.05, 3.63) is 87.0 Å². The summed E-state index contributed by atoms with van der Waals surface area (Å²) in [5.74, 6) is -4.18. The van der Waals surface area contributed by atoms with Crippen molar-refractivity contribution in [2.24, 2.45) is 13.0 Å². The zero-order chi connectivity index (χ0) is 42.4. The van der Waals surface area contributed by atoms with Crippen LogP contribution in [0.3, 0.4) is 0 Å². The first-order valence-electron chi connectivity index (χ1n) is 17.3. The van der Waals surface area contributed by atoms with Crippen LogP contribution in [0.1, 0.15) is 66.1 Å². The van der Waals surface area contributed by atoms with Crippen LogP contribution in [-0.2, 0) is 46.9 Å². The van der Waals surface area contributed by atoms with E-state index in [0.717, 1.165) is 18.4 Å². The van der Waals surface area contributed by atoms with Gasteiger partial charge in [-0.1, -0.05) is 23.6 Å². The monoisotopic (exact) mass is 852 g/mol. The Balaban J connectivity index is 1.41. The van der Waals surface area contributed by atoms with E-state index in [9.17, 15) is 40.3 Å². The first-order valence-corrected chi connectivity index (χ1v) is 19.6. The van der Waals surface area contributed by atoms with Crippen LogP contribution in [0.5, 0.6) is 0 Å². The van der Waals surface area contributed by atoms with E-state index in [2.05, 4.69) is 37.1 Å². The molecule has 3 atom stereocenters. The summed E-state index contributed by atoms with van der Waals surface area (Å²) in [5, 5.41) is 20.8. The number of carbonyl (C=O) groups is 1. The van der Waals surface area contributed by atoms with E-state index in [0.29, 0.717) is 10.7 Å². The molecular weight excluding hydrogens is 821 g/mol. The molecule has 1 fully saturated rings. The van der Waals surface area contributed by atoms with Crippen LogP contribution >= 0.6 is 11.6 Å². The number of aliphatic hydroxyl groups is 1. The lowest BCUT2D eigenvalue weighted by molar-refractivity contribution is -0.142. The summed E-state index contributed by atoms with van der Waals surface area (Å²) < 4.78 is 131. The number of aromatic nitrogens is 5. The Morgan fingerprint density at radius 3 is 2.41 bits per heavy atom. The van der Waals surface area contributed by atoms with Gasteiger partial charge in [0.05, 0.1) is 39.6 Å². The number of hydrogen-bond donors (Lipinski definition) is 4. The van der Waals surface area contributed by atoms with E-state index in [1.165, 1.54) is 43.8 Å². The molecule has 1 saturated carbocycles. The molecule has 3 heterocycles. The maximum absolute atomic E-state index is 15.4. The summed E-state index contributed by atoms with van der Waals surface area (Å²) in [6.45, 7) is 1.64. The average molecular weight is 853 g/mol. The zero-order valence-electron chi connectivity index (χ0n) is 30.7. The highest BCUT2D eigenvalue weighted by Crippen LogP contribution is 2.68. The second kappa shape index (κ2) is 13.9. The molecule has 21 heteroatoms. The van der Waals surface area contributed by atoms with Crippen molar-refractivity contribution in [2.45, 2.75) is 62.9 Å². The van der Waals surface area contributed by atoms with E-state index in [1.54, 1.807) is 0 Å². The largest absolute Gasteiger partial charge is 0.435 e. The summed E-state index contributed by atoms with van der Waals surface area (Å²) in [6.07, 6.45) is -4.82. The van der Waals surface area contributed by atoms with Crippen LogP contribution in [0.4, 0.5) is 42.2 Å². The van der Waals surface area contributed by atoms with Crippen LogP contribution in [-0.4, -0.2) is 55.8 Å². The Morgan fingerprint density at radius 1 is 1.12 bits per heavy atom. The van der Waals surface area contributed by atoms with E-state index in [1.807, 2.05) is 0 Å². The maximum atomic E-state index is 15.4. The molecule has 0 saturated heterocycles. The number of nitrogens with zero attached hydrogens (tertiary/aromatic N) is 5. The molecule has 5 aromatic rings. The molecule has 306 valence electrons. The van der Waals surface area contributed by atoms with Crippen LogP contribution < -0.4 is 15.8 Å². The van der Waals surface area contributed by atoms with E-state index in [4.69, 9.17) is 17.3 Å². The molecule has 1 unspecified atom stereocenters.